The highest BCUT2D eigenvalue weighted by Crippen LogP contribution is 1.82. The Bertz CT molecular complexity index is 152. The van der Waals surface area contributed by atoms with Gasteiger partial charge < -0.3 is 10.0 Å². The molecule has 0 spiro atoms. The zero-order chi connectivity index (χ0) is 8.53. The van der Waals surface area contributed by atoms with Gasteiger partial charge in [-0.2, -0.15) is 0 Å². The molecule has 0 radical (unpaired) electrons. The van der Waals surface area contributed by atoms with Gasteiger partial charge in [0.25, 0.3) is 0 Å². The molecule has 0 atom stereocenters. The summed E-state index contributed by atoms with van der Waals surface area (Å²) in [7, 11) is 1.87. The first-order valence-corrected chi connectivity index (χ1v) is 3.43. The maximum absolute atomic E-state index is 8.51. The van der Waals surface area contributed by atoms with E-state index >= 15 is 0 Å². The lowest BCUT2D eigenvalue weighted by Gasteiger charge is -2.09. The number of nitrogens with zero attached hydrogens (tertiary/aromatic N) is 2. The van der Waals surface area contributed by atoms with Crippen molar-refractivity contribution in [1.82, 2.24) is 4.90 Å². The molecule has 0 heterocycles. The summed E-state index contributed by atoms with van der Waals surface area (Å²) in [5.41, 5.74) is 0. The number of aliphatic imine (C=N–C) groups is 1. The number of likely N-dealkylation sites (N-methyl/N-ethyl adjacent to an activating group) is 1. The van der Waals surface area contributed by atoms with Crippen LogP contribution < -0.4 is 0 Å². The zero-order valence-electron chi connectivity index (χ0n) is 6.77. The second kappa shape index (κ2) is 7.02. The minimum absolute atomic E-state index is 0.159. The van der Waals surface area contributed by atoms with Crippen molar-refractivity contribution in [2.24, 2.45) is 4.99 Å². The van der Waals surface area contributed by atoms with E-state index in [0.717, 1.165) is 0 Å². The van der Waals surface area contributed by atoms with Crippen molar-refractivity contribution in [3.63, 3.8) is 0 Å². The predicted octanol–water partition coefficient (Wildman–Crippen LogP) is 0.639. The van der Waals surface area contributed by atoms with Gasteiger partial charge in [0.05, 0.1) is 6.61 Å². The highest BCUT2D eigenvalue weighted by Gasteiger charge is 1.84. The van der Waals surface area contributed by atoms with Crippen LogP contribution in [-0.4, -0.2) is 36.4 Å². The highest BCUT2D eigenvalue weighted by molar-refractivity contribution is 5.70. The molecule has 0 rings (SSSR count). The van der Waals surface area contributed by atoms with Crippen LogP contribution >= 0.6 is 0 Å². The van der Waals surface area contributed by atoms with Crippen molar-refractivity contribution >= 4 is 6.21 Å². The van der Waals surface area contributed by atoms with Crippen molar-refractivity contribution in [3.05, 3.63) is 25.1 Å². The van der Waals surface area contributed by atoms with Crippen LogP contribution in [0, 0.1) is 0 Å². The quantitative estimate of drug-likeness (QED) is 0.590. The van der Waals surface area contributed by atoms with E-state index in [1.807, 2.05) is 11.9 Å². The molecule has 0 fully saturated rings. The van der Waals surface area contributed by atoms with Crippen molar-refractivity contribution in [2.75, 3.05) is 20.2 Å². The topological polar surface area (TPSA) is 35.8 Å². The van der Waals surface area contributed by atoms with Crippen molar-refractivity contribution in [3.8, 4) is 0 Å². The molecule has 0 saturated heterocycles. The summed E-state index contributed by atoms with van der Waals surface area (Å²) >= 11 is 0. The lowest BCUT2D eigenvalue weighted by molar-refractivity contribution is 0.254. The molecule has 3 heteroatoms. The van der Waals surface area contributed by atoms with E-state index in [-0.39, 0.29) is 6.61 Å². The molecule has 11 heavy (non-hydrogen) atoms. The van der Waals surface area contributed by atoms with Crippen LogP contribution in [0.5, 0.6) is 0 Å². The minimum Gasteiger partial charge on any atom is -0.395 e. The molecule has 3 nitrogen and oxygen atoms in total. The largest absolute Gasteiger partial charge is 0.395 e. The molecule has 1 N–H and O–H groups in total. The first-order valence-electron chi connectivity index (χ1n) is 3.43. The standard InChI is InChI=1S/C8H14N2O/c1-3-4-9-5-6-10(2)7-8-11/h3-6,11H,1,7-8H2,2H3/b6-5-,9-4?. The van der Waals surface area contributed by atoms with Gasteiger partial charge in [-0.25, -0.2) is 0 Å². The Labute approximate surface area is 67.4 Å². The first kappa shape index (κ1) is 9.91. The average Bonchev–Trinajstić information content (AvgIpc) is 1.99. The van der Waals surface area contributed by atoms with Crippen LogP contribution in [0.25, 0.3) is 0 Å². The summed E-state index contributed by atoms with van der Waals surface area (Å²) in [6.45, 7) is 4.26. The van der Waals surface area contributed by atoms with E-state index < -0.39 is 0 Å². The smallest absolute Gasteiger partial charge is 0.0606 e. The Kier molecular flexibility index (Phi) is 6.33. The molecule has 0 aliphatic heterocycles. The third kappa shape index (κ3) is 6.80. The van der Waals surface area contributed by atoms with E-state index in [1.54, 1.807) is 24.7 Å². The lowest BCUT2D eigenvalue weighted by Crippen LogP contribution is -2.14. The zero-order valence-corrected chi connectivity index (χ0v) is 6.77. The van der Waals surface area contributed by atoms with Crippen LogP contribution in [0.2, 0.25) is 0 Å². The van der Waals surface area contributed by atoms with Crippen molar-refractivity contribution in [2.45, 2.75) is 0 Å². The van der Waals surface area contributed by atoms with Gasteiger partial charge >= 0.3 is 0 Å². The SMILES string of the molecule is C=CC=N/C=C\N(C)CCO. The third-order valence-electron chi connectivity index (χ3n) is 1.05. The first-order chi connectivity index (χ1) is 5.31. The van der Waals surface area contributed by atoms with Crippen molar-refractivity contribution in [1.29, 1.82) is 0 Å². The second-order valence-electron chi connectivity index (χ2n) is 2.04. The summed E-state index contributed by atoms with van der Waals surface area (Å²) in [6.07, 6.45) is 6.65. The molecule has 62 valence electrons. The number of hydrogen-bond acceptors (Lipinski definition) is 3. The Morgan fingerprint density at radius 1 is 1.64 bits per heavy atom. The Morgan fingerprint density at radius 2 is 2.36 bits per heavy atom. The van der Waals surface area contributed by atoms with Crippen molar-refractivity contribution < 1.29 is 5.11 Å². The van der Waals surface area contributed by atoms with Gasteiger partial charge in [0.15, 0.2) is 0 Å². The molecule has 0 aliphatic carbocycles. The molecular weight excluding hydrogens is 140 g/mol. The van der Waals surface area contributed by atoms with Crippen LogP contribution in [0.3, 0.4) is 0 Å². The van der Waals surface area contributed by atoms with Gasteiger partial charge in [0, 0.05) is 32.2 Å². The Balaban J connectivity index is 3.54. The molecular formula is C8H14N2O. The van der Waals surface area contributed by atoms with E-state index in [9.17, 15) is 0 Å². The van der Waals surface area contributed by atoms with E-state index in [2.05, 4.69) is 11.6 Å². The van der Waals surface area contributed by atoms with Gasteiger partial charge in [-0.05, 0) is 0 Å². The fraction of sp³-hybridized carbons (Fsp3) is 0.375. The maximum atomic E-state index is 8.51. The van der Waals surface area contributed by atoms with Crippen LogP contribution in [-0.2, 0) is 0 Å². The van der Waals surface area contributed by atoms with Gasteiger partial charge in [-0.15, -0.1) is 0 Å². The summed E-state index contributed by atoms with van der Waals surface area (Å²) in [5.74, 6) is 0. The van der Waals surface area contributed by atoms with E-state index in [0.29, 0.717) is 6.54 Å². The van der Waals surface area contributed by atoms with Crippen LogP contribution in [0.1, 0.15) is 0 Å². The second-order valence-corrected chi connectivity index (χ2v) is 2.04. The van der Waals surface area contributed by atoms with Gasteiger partial charge in [-0.1, -0.05) is 12.7 Å². The Morgan fingerprint density at radius 3 is 2.91 bits per heavy atom. The molecule has 0 bridgehead atoms. The maximum Gasteiger partial charge on any atom is 0.0606 e. The summed E-state index contributed by atoms with van der Waals surface area (Å²) < 4.78 is 0. The fourth-order valence-corrected chi connectivity index (χ4v) is 0.495. The fourth-order valence-electron chi connectivity index (χ4n) is 0.495. The molecule has 0 unspecified atom stereocenters. The summed E-state index contributed by atoms with van der Waals surface area (Å²) in [4.78, 5) is 5.71. The molecule has 0 aliphatic rings. The minimum atomic E-state index is 0.159. The highest BCUT2D eigenvalue weighted by atomic mass is 16.3. The molecule has 0 amide bonds. The molecule has 0 aromatic heterocycles. The summed E-state index contributed by atoms with van der Waals surface area (Å²) in [6, 6.07) is 0. The summed E-state index contributed by atoms with van der Waals surface area (Å²) in [5, 5.41) is 8.51. The van der Waals surface area contributed by atoms with Crippen LogP contribution in [0.15, 0.2) is 30.0 Å². The third-order valence-corrected chi connectivity index (χ3v) is 1.05. The van der Waals surface area contributed by atoms with Gasteiger partial charge in [0.2, 0.25) is 0 Å². The lowest BCUT2D eigenvalue weighted by atomic mass is 10.6. The molecule has 0 aromatic rings. The number of aliphatic hydroxyl groups excluding tert-OH is 1. The number of aliphatic hydroxyl groups is 1. The predicted molar refractivity (Wildman–Crippen MR) is 47.5 cm³/mol. The monoisotopic (exact) mass is 154 g/mol. The van der Waals surface area contributed by atoms with E-state index in [1.165, 1.54) is 0 Å². The van der Waals surface area contributed by atoms with Gasteiger partial charge in [0.1, 0.15) is 0 Å². The number of rotatable bonds is 5. The number of hydrogen-bond donors (Lipinski definition) is 1. The number of allylic oxidation sites excluding steroid dienone is 1. The van der Waals surface area contributed by atoms with Gasteiger partial charge in [-0.3, -0.25) is 4.99 Å². The molecule has 0 aromatic carbocycles. The Hall–Kier alpha value is -1.09. The average molecular weight is 154 g/mol. The van der Waals surface area contributed by atoms with E-state index in [4.69, 9.17) is 5.11 Å². The normalized spacial score (nSPS) is 11.1. The van der Waals surface area contributed by atoms with Crippen LogP contribution in [0.4, 0.5) is 0 Å². The molecule has 0 saturated carbocycles.